The van der Waals surface area contributed by atoms with Crippen molar-refractivity contribution in [3.05, 3.63) is 35.9 Å². The first-order chi connectivity index (χ1) is 9.83. The molecule has 1 aromatic carbocycles. The first-order valence-electron chi connectivity index (χ1n) is 8.02. The number of carbonyl (C=O) groups is 1. The molecule has 0 aromatic heterocycles. The van der Waals surface area contributed by atoms with E-state index in [4.69, 9.17) is 4.74 Å². The topological polar surface area (TPSA) is 26.3 Å². The summed E-state index contributed by atoms with van der Waals surface area (Å²) in [6.45, 7) is 2.81. The van der Waals surface area contributed by atoms with Crippen molar-refractivity contribution >= 4 is 5.97 Å². The quantitative estimate of drug-likeness (QED) is 0.424. The van der Waals surface area contributed by atoms with Gasteiger partial charge in [-0.1, -0.05) is 82.2 Å². The van der Waals surface area contributed by atoms with Gasteiger partial charge in [-0.05, 0) is 12.0 Å². The molecule has 0 spiro atoms. The summed E-state index contributed by atoms with van der Waals surface area (Å²) in [6, 6.07) is 9.76. The van der Waals surface area contributed by atoms with Gasteiger partial charge in [-0.15, -0.1) is 0 Å². The number of carbonyl (C=O) groups excluding carboxylic acids is 1. The lowest BCUT2D eigenvalue weighted by molar-refractivity contribution is -0.142. The van der Waals surface area contributed by atoms with Gasteiger partial charge in [0.05, 0.1) is 13.0 Å². The Morgan fingerprint density at radius 3 is 2.15 bits per heavy atom. The molecule has 0 aliphatic carbocycles. The van der Waals surface area contributed by atoms with Gasteiger partial charge in [-0.2, -0.15) is 0 Å². The maximum Gasteiger partial charge on any atom is 0.310 e. The third-order valence-electron chi connectivity index (χ3n) is 3.45. The van der Waals surface area contributed by atoms with Crippen LogP contribution in [0.25, 0.3) is 0 Å². The Labute approximate surface area is 123 Å². The monoisotopic (exact) mass is 276 g/mol. The maximum atomic E-state index is 11.6. The van der Waals surface area contributed by atoms with Gasteiger partial charge in [0.2, 0.25) is 0 Å². The summed E-state index contributed by atoms with van der Waals surface area (Å²) >= 11 is 0. The normalized spacial score (nSPS) is 10.4. The Morgan fingerprint density at radius 1 is 0.900 bits per heavy atom. The average Bonchev–Trinajstić information content (AvgIpc) is 2.46. The molecule has 0 radical (unpaired) electrons. The van der Waals surface area contributed by atoms with E-state index in [1.165, 1.54) is 44.9 Å². The second kappa shape index (κ2) is 11.5. The molecule has 2 heteroatoms. The molecule has 0 saturated heterocycles. The van der Waals surface area contributed by atoms with Crippen LogP contribution in [0.3, 0.4) is 0 Å². The molecule has 0 aliphatic rings. The maximum absolute atomic E-state index is 11.6. The van der Waals surface area contributed by atoms with Crippen molar-refractivity contribution in [2.24, 2.45) is 0 Å². The van der Waals surface area contributed by atoms with Crippen molar-refractivity contribution in [1.29, 1.82) is 0 Å². The van der Waals surface area contributed by atoms with E-state index in [2.05, 4.69) is 6.92 Å². The first kappa shape index (κ1) is 16.7. The largest absolute Gasteiger partial charge is 0.465 e. The van der Waals surface area contributed by atoms with Crippen LogP contribution in [0.2, 0.25) is 0 Å². The minimum atomic E-state index is -0.112. The second-order valence-electron chi connectivity index (χ2n) is 5.36. The lowest BCUT2D eigenvalue weighted by atomic mass is 10.1. The van der Waals surface area contributed by atoms with Gasteiger partial charge in [0.1, 0.15) is 0 Å². The van der Waals surface area contributed by atoms with Gasteiger partial charge in [-0.3, -0.25) is 4.79 Å². The molecule has 0 amide bonds. The van der Waals surface area contributed by atoms with Crippen molar-refractivity contribution in [2.75, 3.05) is 6.61 Å². The Morgan fingerprint density at radius 2 is 1.50 bits per heavy atom. The lowest BCUT2D eigenvalue weighted by Gasteiger charge is -2.05. The number of ether oxygens (including phenoxy) is 1. The number of esters is 1. The van der Waals surface area contributed by atoms with Gasteiger partial charge in [0.15, 0.2) is 0 Å². The van der Waals surface area contributed by atoms with Crippen molar-refractivity contribution < 1.29 is 9.53 Å². The third-order valence-corrected chi connectivity index (χ3v) is 3.45. The second-order valence-corrected chi connectivity index (χ2v) is 5.36. The van der Waals surface area contributed by atoms with Gasteiger partial charge in [0, 0.05) is 0 Å². The molecule has 0 heterocycles. The molecule has 0 aliphatic heterocycles. The van der Waals surface area contributed by atoms with Crippen LogP contribution in [0.1, 0.15) is 63.9 Å². The number of unbranched alkanes of at least 4 members (excludes halogenated alkanes) is 7. The predicted molar refractivity (Wildman–Crippen MR) is 83.7 cm³/mol. The zero-order chi connectivity index (χ0) is 14.5. The molecule has 112 valence electrons. The summed E-state index contributed by atoms with van der Waals surface area (Å²) in [5, 5.41) is 0. The van der Waals surface area contributed by atoms with Crippen LogP contribution in [0.15, 0.2) is 30.3 Å². The van der Waals surface area contributed by atoms with Gasteiger partial charge < -0.3 is 4.74 Å². The van der Waals surface area contributed by atoms with Gasteiger partial charge >= 0.3 is 5.97 Å². The Hall–Kier alpha value is -1.31. The average molecular weight is 276 g/mol. The summed E-state index contributed by atoms with van der Waals surface area (Å²) in [5.41, 5.74) is 1.02. The zero-order valence-corrected chi connectivity index (χ0v) is 12.8. The van der Waals surface area contributed by atoms with Crippen molar-refractivity contribution in [3.8, 4) is 0 Å². The standard InChI is InChI=1S/C18H28O2/c1-2-3-4-5-6-7-8-12-15-20-18(19)16-17-13-10-9-11-14-17/h9-11,13-14H,2-8,12,15-16H2,1H3. The summed E-state index contributed by atoms with van der Waals surface area (Å²) in [6.07, 6.45) is 10.5. The van der Waals surface area contributed by atoms with Crippen LogP contribution in [-0.4, -0.2) is 12.6 Å². The highest BCUT2D eigenvalue weighted by molar-refractivity contribution is 5.72. The molecule has 1 aromatic rings. The molecular formula is C18H28O2. The molecule has 1 rings (SSSR count). The van der Waals surface area contributed by atoms with E-state index < -0.39 is 0 Å². The van der Waals surface area contributed by atoms with Crippen molar-refractivity contribution in [2.45, 2.75) is 64.7 Å². The van der Waals surface area contributed by atoms with E-state index in [1.807, 2.05) is 30.3 Å². The fraction of sp³-hybridized carbons (Fsp3) is 0.611. The van der Waals surface area contributed by atoms with E-state index in [-0.39, 0.29) is 5.97 Å². The summed E-state index contributed by atoms with van der Waals surface area (Å²) < 4.78 is 5.25. The SMILES string of the molecule is CCCCCCCCCCOC(=O)Cc1ccccc1. The Bertz CT molecular complexity index is 346. The highest BCUT2D eigenvalue weighted by atomic mass is 16.5. The zero-order valence-electron chi connectivity index (χ0n) is 12.8. The molecule has 0 bridgehead atoms. The molecule has 2 nitrogen and oxygen atoms in total. The van der Waals surface area contributed by atoms with Crippen molar-refractivity contribution in [1.82, 2.24) is 0 Å². The van der Waals surface area contributed by atoms with Crippen molar-refractivity contribution in [3.63, 3.8) is 0 Å². The molecule has 0 atom stereocenters. The minimum Gasteiger partial charge on any atom is -0.465 e. The smallest absolute Gasteiger partial charge is 0.310 e. The van der Waals surface area contributed by atoms with E-state index in [9.17, 15) is 4.79 Å². The lowest BCUT2D eigenvalue weighted by Crippen LogP contribution is -2.08. The van der Waals surface area contributed by atoms with Crippen LogP contribution >= 0.6 is 0 Å². The van der Waals surface area contributed by atoms with Crippen LogP contribution < -0.4 is 0 Å². The fourth-order valence-corrected chi connectivity index (χ4v) is 2.24. The highest BCUT2D eigenvalue weighted by Gasteiger charge is 2.03. The summed E-state index contributed by atoms with van der Waals surface area (Å²) in [7, 11) is 0. The fourth-order valence-electron chi connectivity index (χ4n) is 2.24. The number of hydrogen-bond donors (Lipinski definition) is 0. The summed E-state index contributed by atoms with van der Waals surface area (Å²) in [5.74, 6) is -0.112. The van der Waals surface area contributed by atoms with Crippen LogP contribution in [0, 0.1) is 0 Å². The molecule has 0 unspecified atom stereocenters. The number of hydrogen-bond acceptors (Lipinski definition) is 2. The van der Waals surface area contributed by atoms with E-state index in [1.54, 1.807) is 0 Å². The van der Waals surface area contributed by atoms with E-state index in [0.29, 0.717) is 13.0 Å². The van der Waals surface area contributed by atoms with Crippen LogP contribution in [0.5, 0.6) is 0 Å². The third kappa shape index (κ3) is 8.73. The van der Waals surface area contributed by atoms with Gasteiger partial charge in [-0.25, -0.2) is 0 Å². The van der Waals surface area contributed by atoms with Gasteiger partial charge in [0.25, 0.3) is 0 Å². The Kier molecular flexibility index (Phi) is 9.64. The first-order valence-corrected chi connectivity index (χ1v) is 8.02. The van der Waals surface area contributed by atoms with E-state index in [0.717, 1.165) is 12.0 Å². The highest BCUT2D eigenvalue weighted by Crippen LogP contribution is 2.08. The molecule has 0 fully saturated rings. The van der Waals surface area contributed by atoms with E-state index >= 15 is 0 Å². The Balaban J connectivity index is 1.92. The number of benzene rings is 1. The van der Waals surface area contributed by atoms with Crippen LogP contribution in [0.4, 0.5) is 0 Å². The number of rotatable bonds is 11. The molecule has 0 N–H and O–H groups in total. The minimum absolute atomic E-state index is 0.112. The molecule has 20 heavy (non-hydrogen) atoms. The summed E-state index contributed by atoms with van der Waals surface area (Å²) in [4.78, 5) is 11.6. The molecular weight excluding hydrogens is 248 g/mol. The predicted octanol–water partition coefficient (Wildman–Crippen LogP) is 4.91. The van der Waals surface area contributed by atoms with Crippen LogP contribution in [-0.2, 0) is 16.0 Å². The molecule has 0 saturated carbocycles.